The van der Waals surface area contributed by atoms with Crippen LogP contribution >= 0.6 is 0 Å². The third-order valence-electron chi connectivity index (χ3n) is 5.48. The average Bonchev–Trinajstić information content (AvgIpc) is 3.04. The van der Waals surface area contributed by atoms with Gasteiger partial charge in [0.05, 0.1) is 12.1 Å². The topological polar surface area (TPSA) is 32.6 Å². The summed E-state index contributed by atoms with van der Waals surface area (Å²) in [7, 11) is 0. The summed E-state index contributed by atoms with van der Waals surface area (Å²) in [5, 5.41) is 9.57. The molecule has 0 heterocycles. The number of aliphatic hydroxyl groups excluding tert-OH is 1. The molecular formula is C21H33NO. The van der Waals surface area contributed by atoms with Crippen molar-refractivity contribution >= 4 is 6.72 Å². The van der Waals surface area contributed by atoms with Crippen LogP contribution in [0.3, 0.4) is 0 Å². The molecule has 1 aromatic rings. The molecule has 1 aromatic carbocycles. The molecule has 2 rings (SSSR count). The lowest BCUT2D eigenvalue weighted by atomic mass is 9.92. The van der Waals surface area contributed by atoms with Gasteiger partial charge in [0.1, 0.15) is 0 Å². The predicted molar refractivity (Wildman–Crippen MR) is 99.5 cm³/mol. The van der Waals surface area contributed by atoms with Gasteiger partial charge in [0.25, 0.3) is 0 Å². The Morgan fingerprint density at radius 1 is 1.13 bits per heavy atom. The van der Waals surface area contributed by atoms with Crippen molar-refractivity contribution in [2.24, 2.45) is 4.99 Å². The molecule has 2 unspecified atom stereocenters. The molecule has 1 aliphatic rings. The van der Waals surface area contributed by atoms with E-state index in [9.17, 15) is 5.11 Å². The molecule has 1 N–H and O–H groups in total. The maximum absolute atomic E-state index is 9.57. The largest absolute Gasteiger partial charge is 0.394 e. The highest BCUT2D eigenvalue weighted by Gasteiger charge is 2.38. The zero-order valence-electron chi connectivity index (χ0n) is 14.8. The summed E-state index contributed by atoms with van der Waals surface area (Å²) in [6.07, 6.45) is 12.3. The Kier molecular flexibility index (Phi) is 7.29. The molecule has 0 saturated heterocycles. The lowest BCUT2D eigenvalue weighted by Gasteiger charge is -2.21. The summed E-state index contributed by atoms with van der Waals surface area (Å²) < 4.78 is 0. The van der Waals surface area contributed by atoms with Gasteiger partial charge in [-0.3, -0.25) is 4.99 Å². The van der Waals surface area contributed by atoms with Crippen LogP contribution in [0.2, 0.25) is 0 Å². The molecule has 128 valence electrons. The Hall–Kier alpha value is -1.15. The molecule has 0 spiro atoms. The van der Waals surface area contributed by atoms with Gasteiger partial charge in [-0.25, -0.2) is 0 Å². The van der Waals surface area contributed by atoms with E-state index in [1.807, 2.05) is 0 Å². The van der Waals surface area contributed by atoms with Crippen molar-refractivity contribution in [2.45, 2.75) is 82.6 Å². The molecule has 1 aliphatic carbocycles. The van der Waals surface area contributed by atoms with Gasteiger partial charge in [-0.2, -0.15) is 0 Å². The van der Waals surface area contributed by atoms with Crippen LogP contribution in [0.25, 0.3) is 0 Å². The Morgan fingerprint density at radius 3 is 2.43 bits per heavy atom. The monoisotopic (exact) mass is 315 g/mol. The van der Waals surface area contributed by atoms with E-state index in [-0.39, 0.29) is 12.1 Å². The Labute approximate surface area is 142 Å². The summed E-state index contributed by atoms with van der Waals surface area (Å²) in [6.45, 7) is 6.07. The van der Waals surface area contributed by atoms with Crippen LogP contribution < -0.4 is 0 Å². The second kappa shape index (κ2) is 9.22. The van der Waals surface area contributed by atoms with Gasteiger partial charge in [0.15, 0.2) is 0 Å². The smallest absolute Gasteiger partial charge is 0.0836 e. The SMILES string of the molecule is C=NC1(CO)CCC(c2ccc(CCCCCCCC)cc2)C1. The number of hydrogen-bond donors (Lipinski definition) is 1. The van der Waals surface area contributed by atoms with Crippen molar-refractivity contribution in [3.63, 3.8) is 0 Å². The quantitative estimate of drug-likeness (QED) is 0.462. The third kappa shape index (κ3) is 5.17. The van der Waals surface area contributed by atoms with E-state index in [1.54, 1.807) is 0 Å². The van der Waals surface area contributed by atoms with Gasteiger partial charge in [-0.15, -0.1) is 0 Å². The predicted octanol–water partition coefficient (Wildman–Crippen LogP) is 5.29. The van der Waals surface area contributed by atoms with Crippen LogP contribution in [-0.2, 0) is 6.42 Å². The maximum atomic E-state index is 9.57. The minimum atomic E-state index is -0.290. The molecule has 0 bridgehead atoms. The normalized spacial score (nSPS) is 24.0. The summed E-state index contributed by atoms with van der Waals surface area (Å²) >= 11 is 0. The van der Waals surface area contributed by atoms with Gasteiger partial charge in [-0.1, -0.05) is 63.3 Å². The third-order valence-corrected chi connectivity index (χ3v) is 5.48. The van der Waals surface area contributed by atoms with E-state index >= 15 is 0 Å². The van der Waals surface area contributed by atoms with Crippen molar-refractivity contribution in [2.75, 3.05) is 6.61 Å². The highest BCUT2D eigenvalue weighted by atomic mass is 16.3. The van der Waals surface area contributed by atoms with Crippen LogP contribution in [0.5, 0.6) is 0 Å². The number of unbranched alkanes of at least 4 members (excludes halogenated alkanes) is 5. The van der Waals surface area contributed by atoms with E-state index in [0.29, 0.717) is 5.92 Å². The fraction of sp³-hybridized carbons (Fsp3) is 0.667. The Morgan fingerprint density at radius 2 is 1.83 bits per heavy atom. The van der Waals surface area contributed by atoms with Crippen molar-refractivity contribution in [3.8, 4) is 0 Å². The first-order valence-corrected chi connectivity index (χ1v) is 9.40. The first-order valence-electron chi connectivity index (χ1n) is 9.40. The van der Waals surface area contributed by atoms with E-state index < -0.39 is 0 Å². The van der Waals surface area contributed by atoms with E-state index in [1.165, 1.54) is 56.1 Å². The molecule has 1 fully saturated rings. The van der Waals surface area contributed by atoms with Crippen molar-refractivity contribution in [1.29, 1.82) is 0 Å². The number of hydrogen-bond acceptors (Lipinski definition) is 2. The molecule has 2 nitrogen and oxygen atoms in total. The van der Waals surface area contributed by atoms with Crippen molar-refractivity contribution in [3.05, 3.63) is 35.4 Å². The summed E-state index contributed by atoms with van der Waals surface area (Å²) in [5.74, 6) is 0.524. The standard InChI is InChI=1S/C21H33NO/c1-3-4-5-6-7-8-9-18-10-12-19(13-11-18)20-14-15-21(16-20,17-23)22-2/h10-13,20,23H,2-9,14-17H2,1H3. The molecule has 2 atom stereocenters. The van der Waals surface area contributed by atoms with E-state index in [2.05, 4.69) is 42.9 Å². The molecular weight excluding hydrogens is 282 g/mol. The maximum Gasteiger partial charge on any atom is 0.0836 e. The second-order valence-electron chi connectivity index (χ2n) is 7.24. The second-order valence-corrected chi connectivity index (χ2v) is 7.24. The first kappa shape index (κ1) is 18.2. The van der Waals surface area contributed by atoms with Crippen LogP contribution in [0.4, 0.5) is 0 Å². The number of aliphatic hydroxyl groups is 1. The Balaban J connectivity index is 1.78. The number of nitrogens with zero attached hydrogens (tertiary/aromatic N) is 1. The molecule has 0 aromatic heterocycles. The van der Waals surface area contributed by atoms with Gasteiger partial charge in [0.2, 0.25) is 0 Å². The number of rotatable bonds is 10. The van der Waals surface area contributed by atoms with Crippen LogP contribution in [0.15, 0.2) is 29.3 Å². The van der Waals surface area contributed by atoms with E-state index in [0.717, 1.165) is 19.3 Å². The molecule has 2 heteroatoms. The fourth-order valence-corrected chi connectivity index (χ4v) is 3.79. The van der Waals surface area contributed by atoms with Gasteiger partial charge < -0.3 is 5.11 Å². The summed E-state index contributed by atoms with van der Waals surface area (Å²) in [5.41, 5.74) is 2.56. The zero-order valence-corrected chi connectivity index (χ0v) is 14.8. The zero-order chi connectivity index (χ0) is 16.5. The van der Waals surface area contributed by atoms with Crippen LogP contribution in [-0.4, -0.2) is 24.0 Å². The molecule has 1 saturated carbocycles. The lowest BCUT2D eigenvalue weighted by Crippen LogP contribution is -2.26. The minimum absolute atomic E-state index is 0.128. The van der Waals surface area contributed by atoms with Gasteiger partial charge >= 0.3 is 0 Å². The molecule has 23 heavy (non-hydrogen) atoms. The van der Waals surface area contributed by atoms with Gasteiger partial charge in [0, 0.05) is 0 Å². The van der Waals surface area contributed by atoms with E-state index in [4.69, 9.17) is 0 Å². The van der Waals surface area contributed by atoms with Crippen LogP contribution in [0, 0.1) is 0 Å². The number of aliphatic imine (C=N–C) groups is 1. The molecule has 0 radical (unpaired) electrons. The molecule has 0 aliphatic heterocycles. The minimum Gasteiger partial charge on any atom is -0.394 e. The highest BCUT2D eigenvalue weighted by Crippen LogP contribution is 2.42. The van der Waals surface area contributed by atoms with Crippen molar-refractivity contribution < 1.29 is 5.11 Å². The lowest BCUT2D eigenvalue weighted by molar-refractivity contribution is 0.201. The number of aryl methyl sites for hydroxylation is 1. The fourth-order valence-electron chi connectivity index (χ4n) is 3.79. The molecule has 0 amide bonds. The number of benzene rings is 1. The van der Waals surface area contributed by atoms with Crippen LogP contribution in [0.1, 0.15) is 81.8 Å². The summed E-state index contributed by atoms with van der Waals surface area (Å²) in [6, 6.07) is 9.16. The first-order chi connectivity index (χ1) is 11.2. The Bertz CT molecular complexity index is 467. The average molecular weight is 316 g/mol. The highest BCUT2D eigenvalue weighted by molar-refractivity contribution is 5.30. The van der Waals surface area contributed by atoms with Crippen molar-refractivity contribution in [1.82, 2.24) is 0 Å². The summed E-state index contributed by atoms with van der Waals surface area (Å²) in [4.78, 5) is 4.20. The van der Waals surface area contributed by atoms with Gasteiger partial charge in [-0.05, 0) is 55.9 Å².